The Morgan fingerprint density at radius 1 is 1.13 bits per heavy atom. The molecule has 0 radical (unpaired) electrons. The number of piperazine rings is 1. The maximum atomic E-state index is 14.1. The van der Waals surface area contributed by atoms with Crippen molar-refractivity contribution < 1.29 is 18.8 Å². The van der Waals surface area contributed by atoms with E-state index in [9.17, 15) is 18.8 Å². The van der Waals surface area contributed by atoms with E-state index in [4.69, 9.17) is 28.9 Å². The maximum absolute atomic E-state index is 14.1. The Labute approximate surface area is 278 Å². The zero-order chi connectivity index (χ0) is 32.5. The molecule has 3 aromatic carbocycles. The third-order valence-corrected chi connectivity index (χ3v) is 9.65. The number of fused-ring (bicyclic) bond motifs is 2. The summed E-state index contributed by atoms with van der Waals surface area (Å²) in [6.45, 7) is 4.32. The maximum Gasteiger partial charge on any atom is 0.332 e. The number of hydrogen-bond acceptors (Lipinski definition) is 7. The van der Waals surface area contributed by atoms with Crippen LogP contribution >= 0.6 is 34.5 Å². The van der Waals surface area contributed by atoms with E-state index in [1.165, 1.54) is 28.5 Å². The van der Waals surface area contributed by atoms with Crippen LogP contribution in [0.1, 0.15) is 16.7 Å². The number of carbonyl (C=O) groups excluding carboxylic acids is 3. The van der Waals surface area contributed by atoms with Crippen molar-refractivity contribution >= 4 is 67.7 Å². The van der Waals surface area contributed by atoms with Gasteiger partial charge < -0.3 is 20.9 Å². The number of para-hydroxylation sites is 1. The highest BCUT2D eigenvalue weighted by Crippen LogP contribution is 2.32. The van der Waals surface area contributed by atoms with Crippen LogP contribution in [0.5, 0.6) is 0 Å². The first-order chi connectivity index (χ1) is 22.1. The molecule has 1 aromatic heterocycles. The molecule has 0 spiro atoms. The van der Waals surface area contributed by atoms with Gasteiger partial charge in [-0.2, -0.15) is 5.01 Å². The van der Waals surface area contributed by atoms with Gasteiger partial charge in [0, 0.05) is 19.5 Å². The minimum absolute atomic E-state index is 0.110. The van der Waals surface area contributed by atoms with Crippen molar-refractivity contribution in [2.24, 2.45) is 0 Å². The molecule has 238 valence electrons. The second-order valence-electron chi connectivity index (χ2n) is 11.0. The summed E-state index contributed by atoms with van der Waals surface area (Å²) in [6.07, 6.45) is 1.08. The van der Waals surface area contributed by atoms with E-state index >= 15 is 0 Å². The predicted molar refractivity (Wildman–Crippen MR) is 176 cm³/mol. The highest BCUT2D eigenvalue weighted by molar-refractivity contribution is 7.22. The van der Waals surface area contributed by atoms with E-state index in [0.717, 1.165) is 15.8 Å². The number of amides is 4. The van der Waals surface area contributed by atoms with Crippen molar-refractivity contribution in [2.75, 3.05) is 25.4 Å². The Morgan fingerprint density at radius 3 is 2.63 bits per heavy atom. The van der Waals surface area contributed by atoms with E-state index < -0.39 is 24.1 Å². The number of nitrogen functional groups attached to an aromatic ring is 1. The van der Waals surface area contributed by atoms with E-state index in [-0.39, 0.29) is 51.0 Å². The molecule has 2 aliphatic rings. The molecule has 10 nitrogen and oxygen atoms in total. The van der Waals surface area contributed by atoms with Gasteiger partial charge in [-0.1, -0.05) is 70.9 Å². The number of anilines is 1. The second kappa shape index (κ2) is 13.2. The first kappa shape index (κ1) is 31.7. The van der Waals surface area contributed by atoms with Crippen LogP contribution in [0.4, 0.5) is 14.3 Å². The van der Waals surface area contributed by atoms with E-state index in [1.54, 1.807) is 51.2 Å². The number of nitrogens with one attached hydrogen (secondary N) is 1. The number of carbonyl (C=O) groups is 3. The SMILES string of the molecule is C=CCN(C(=O)NCc1ccc(Cl)c(Cl)c1)N1CC(=O)N2[C@@H](Cc3ccc(F)cc3)C(=O)N(Cc3cccc4sc(N)nc34)C[C@@H]21. The van der Waals surface area contributed by atoms with Gasteiger partial charge in [0.25, 0.3) is 0 Å². The van der Waals surface area contributed by atoms with E-state index in [2.05, 4.69) is 16.9 Å². The van der Waals surface area contributed by atoms with Crippen molar-refractivity contribution in [2.45, 2.75) is 31.7 Å². The number of hydrazine groups is 1. The highest BCUT2D eigenvalue weighted by Gasteiger charge is 2.52. The van der Waals surface area contributed by atoms with Crippen molar-refractivity contribution in [3.8, 4) is 0 Å². The lowest BCUT2D eigenvalue weighted by Crippen LogP contribution is -2.66. The molecule has 2 fully saturated rings. The fourth-order valence-electron chi connectivity index (χ4n) is 5.94. The van der Waals surface area contributed by atoms with Crippen LogP contribution in [0.25, 0.3) is 10.2 Å². The molecular formula is C32H30Cl2FN7O3S. The Balaban J connectivity index is 1.31. The summed E-state index contributed by atoms with van der Waals surface area (Å²) in [5.74, 6) is -0.953. The molecule has 2 saturated heterocycles. The lowest BCUT2D eigenvalue weighted by atomic mass is 10.00. The van der Waals surface area contributed by atoms with Gasteiger partial charge in [0.15, 0.2) is 5.13 Å². The van der Waals surface area contributed by atoms with Gasteiger partial charge in [-0.3, -0.25) is 14.6 Å². The van der Waals surface area contributed by atoms with Crippen molar-refractivity contribution in [1.82, 2.24) is 30.1 Å². The monoisotopic (exact) mass is 681 g/mol. The lowest BCUT2D eigenvalue weighted by molar-refractivity contribution is -0.157. The molecular weight excluding hydrogens is 652 g/mol. The Bertz CT molecular complexity index is 1820. The summed E-state index contributed by atoms with van der Waals surface area (Å²) in [6, 6.07) is 15.3. The molecule has 0 unspecified atom stereocenters. The quantitative estimate of drug-likeness (QED) is 0.239. The predicted octanol–water partition coefficient (Wildman–Crippen LogP) is 5.06. The van der Waals surface area contributed by atoms with Gasteiger partial charge in [0.05, 0.1) is 39.9 Å². The number of hydrogen-bond donors (Lipinski definition) is 2. The number of thiazole rings is 1. The number of nitrogens with two attached hydrogens (primary N) is 1. The second-order valence-corrected chi connectivity index (χ2v) is 12.9. The minimum Gasteiger partial charge on any atom is -0.375 e. The molecule has 3 heterocycles. The molecule has 4 aromatic rings. The standard InChI is InChI=1S/C32H30Cl2FN7O3S/c1-2-12-40(32(45)37-15-20-8-11-23(33)24(34)13-20)41-18-28(43)42-25(14-19-6-9-22(35)10-7-19)30(44)39(17-27(41)42)16-21-4-3-5-26-29(21)38-31(36)46-26/h2-11,13,25,27H,1,12,14-18H2,(H2,36,38)(H,37,45)/t25-,27+/m0/s1. The normalized spacial score (nSPS) is 18.2. The fourth-order valence-corrected chi connectivity index (χ4v) is 7.04. The van der Waals surface area contributed by atoms with Gasteiger partial charge in [-0.05, 0) is 47.0 Å². The Kier molecular flexibility index (Phi) is 9.14. The fraction of sp³-hybridized carbons (Fsp3) is 0.250. The van der Waals surface area contributed by atoms with Gasteiger partial charge in [-0.15, -0.1) is 6.58 Å². The average molecular weight is 683 g/mol. The number of benzene rings is 3. The first-order valence-corrected chi connectivity index (χ1v) is 16.0. The highest BCUT2D eigenvalue weighted by atomic mass is 35.5. The molecule has 2 aliphatic heterocycles. The summed E-state index contributed by atoms with van der Waals surface area (Å²) in [5, 5.41) is 7.18. The van der Waals surface area contributed by atoms with Crippen molar-refractivity contribution in [3.63, 3.8) is 0 Å². The topological polar surface area (TPSA) is 115 Å². The third-order valence-electron chi connectivity index (χ3n) is 8.06. The molecule has 14 heteroatoms. The van der Waals surface area contributed by atoms with Crippen LogP contribution in [0, 0.1) is 5.82 Å². The number of rotatable bonds is 9. The summed E-state index contributed by atoms with van der Waals surface area (Å²) in [7, 11) is 0. The molecule has 6 rings (SSSR count). The molecule has 46 heavy (non-hydrogen) atoms. The van der Waals surface area contributed by atoms with Crippen LogP contribution in [-0.4, -0.2) is 74.5 Å². The van der Waals surface area contributed by atoms with Gasteiger partial charge >= 0.3 is 6.03 Å². The Hall–Kier alpha value is -4.23. The van der Waals surface area contributed by atoms with E-state index in [1.807, 2.05) is 18.2 Å². The van der Waals surface area contributed by atoms with Gasteiger partial charge in [-0.25, -0.2) is 14.2 Å². The lowest BCUT2D eigenvalue weighted by Gasteiger charge is -2.46. The molecule has 0 bridgehead atoms. The molecule has 4 amide bonds. The number of nitrogens with zero attached hydrogens (tertiary/aromatic N) is 5. The van der Waals surface area contributed by atoms with Crippen LogP contribution in [0.2, 0.25) is 10.0 Å². The summed E-state index contributed by atoms with van der Waals surface area (Å²) >= 11 is 13.6. The zero-order valence-corrected chi connectivity index (χ0v) is 26.9. The van der Waals surface area contributed by atoms with E-state index in [0.29, 0.717) is 26.3 Å². The summed E-state index contributed by atoms with van der Waals surface area (Å²) in [4.78, 5) is 49.1. The van der Waals surface area contributed by atoms with Crippen LogP contribution in [-0.2, 0) is 29.1 Å². The zero-order valence-electron chi connectivity index (χ0n) is 24.5. The number of halogens is 3. The first-order valence-electron chi connectivity index (χ1n) is 14.5. The third kappa shape index (κ3) is 6.38. The van der Waals surface area contributed by atoms with Gasteiger partial charge in [0.2, 0.25) is 11.8 Å². The number of urea groups is 1. The minimum atomic E-state index is -0.883. The van der Waals surface area contributed by atoms with Crippen LogP contribution in [0.3, 0.4) is 0 Å². The average Bonchev–Trinajstić information content (AvgIpc) is 3.58. The van der Waals surface area contributed by atoms with Crippen LogP contribution in [0.15, 0.2) is 73.3 Å². The van der Waals surface area contributed by atoms with Gasteiger partial charge in [0.1, 0.15) is 18.0 Å². The summed E-state index contributed by atoms with van der Waals surface area (Å²) < 4.78 is 14.6. The number of aromatic nitrogens is 1. The summed E-state index contributed by atoms with van der Waals surface area (Å²) in [5.41, 5.74) is 8.96. The molecule has 2 atom stereocenters. The Morgan fingerprint density at radius 2 is 1.89 bits per heavy atom. The van der Waals surface area contributed by atoms with Crippen molar-refractivity contribution in [1.29, 1.82) is 0 Å². The van der Waals surface area contributed by atoms with Crippen molar-refractivity contribution in [3.05, 3.63) is 106 Å². The molecule has 0 saturated carbocycles. The molecule has 0 aliphatic carbocycles. The largest absolute Gasteiger partial charge is 0.375 e. The molecule has 3 N–H and O–H groups in total. The van der Waals surface area contributed by atoms with Crippen LogP contribution < -0.4 is 11.1 Å². The smallest absolute Gasteiger partial charge is 0.332 e.